The van der Waals surface area contributed by atoms with Gasteiger partial charge in [0.1, 0.15) is 0 Å². The van der Waals surface area contributed by atoms with Gasteiger partial charge in [0.05, 0.1) is 11.7 Å². The van der Waals surface area contributed by atoms with Crippen LogP contribution < -0.4 is 5.32 Å². The lowest BCUT2D eigenvalue weighted by molar-refractivity contribution is 0.585. The first-order chi connectivity index (χ1) is 10.3. The number of nitrogens with one attached hydrogen (secondary N) is 1. The summed E-state index contributed by atoms with van der Waals surface area (Å²) in [6.07, 6.45) is 2.26. The smallest absolute Gasteiger partial charge is 0.178 e. The highest BCUT2D eigenvalue weighted by molar-refractivity contribution is 9.10. The number of fused-ring (bicyclic) bond motifs is 1. The summed E-state index contributed by atoms with van der Waals surface area (Å²) in [5.74, 6) is 0.904. The average Bonchev–Trinajstić information content (AvgIpc) is 3.16. The Balaban J connectivity index is 1.80. The third kappa shape index (κ3) is 2.34. The van der Waals surface area contributed by atoms with Crippen LogP contribution in [0.25, 0.3) is 16.9 Å². The molecular formula is C15H14BrN5. The maximum Gasteiger partial charge on any atom is 0.178 e. The molecule has 3 aromatic rings. The number of hydrogen-bond donors (Lipinski definition) is 1. The highest BCUT2D eigenvalue weighted by Gasteiger charge is 2.22. The molecule has 0 spiro atoms. The van der Waals surface area contributed by atoms with Crippen molar-refractivity contribution in [3.63, 3.8) is 0 Å². The molecule has 4 rings (SSSR count). The highest BCUT2D eigenvalue weighted by atomic mass is 79.9. The van der Waals surface area contributed by atoms with Gasteiger partial charge in [0.2, 0.25) is 0 Å². The molecule has 6 heteroatoms. The van der Waals surface area contributed by atoms with Crippen molar-refractivity contribution in [3.8, 4) is 11.3 Å². The standard InChI is InChI=1S/C15H14BrN5/c16-11-5-3-10(4-6-11)12-7-8-14-18-19-15(21(14)20-12)13-2-1-9-17-13/h3-8,13,17H,1-2,9H2/t13-/m1/s1. The third-order valence-electron chi connectivity index (χ3n) is 3.80. The van der Waals surface area contributed by atoms with Crippen LogP contribution in [-0.4, -0.2) is 26.4 Å². The van der Waals surface area contributed by atoms with Crippen molar-refractivity contribution >= 4 is 21.6 Å². The molecule has 0 saturated carbocycles. The van der Waals surface area contributed by atoms with Gasteiger partial charge in [-0.1, -0.05) is 28.1 Å². The van der Waals surface area contributed by atoms with E-state index in [1.807, 2.05) is 28.8 Å². The van der Waals surface area contributed by atoms with Gasteiger partial charge < -0.3 is 5.32 Å². The first-order valence-corrected chi connectivity index (χ1v) is 7.82. The number of nitrogens with zero attached hydrogens (tertiary/aromatic N) is 4. The van der Waals surface area contributed by atoms with E-state index in [0.29, 0.717) is 0 Å². The summed E-state index contributed by atoms with van der Waals surface area (Å²) in [4.78, 5) is 0. The van der Waals surface area contributed by atoms with Crippen molar-refractivity contribution in [1.82, 2.24) is 25.1 Å². The van der Waals surface area contributed by atoms with Crippen LogP contribution in [0.15, 0.2) is 40.9 Å². The molecule has 1 saturated heterocycles. The van der Waals surface area contributed by atoms with E-state index in [4.69, 9.17) is 5.10 Å². The van der Waals surface area contributed by atoms with Crippen molar-refractivity contribution in [1.29, 1.82) is 0 Å². The Hall–Kier alpha value is -1.79. The van der Waals surface area contributed by atoms with E-state index in [0.717, 1.165) is 40.2 Å². The Morgan fingerprint density at radius 3 is 2.71 bits per heavy atom. The molecule has 0 unspecified atom stereocenters. The van der Waals surface area contributed by atoms with E-state index >= 15 is 0 Å². The van der Waals surface area contributed by atoms with Gasteiger partial charge in [-0.25, -0.2) is 0 Å². The maximum absolute atomic E-state index is 4.72. The average molecular weight is 344 g/mol. The van der Waals surface area contributed by atoms with Gasteiger partial charge in [0, 0.05) is 10.0 Å². The van der Waals surface area contributed by atoms with Crippen LogP contribution >= 0.6 is 15.9 Å². The second kappa shape index (κ2) is 5.20. The van der Waals surface area contributed by atoms with Crippen LogP contribution in [0.1, 0.15) is 24.7 Å². The lowest BCUT2D eigenvalue weighted by Crippen LogP contribution is -2.16. The predicted molar refractivity (Wildman–Crippen MR) is 83.9 cm³/mol. The third-order valence-corrected chi connectivity index (χ3v) is 4.33. The summed E-state index contributed by atoms with van der Waals surface area (Å²) in [7, 11) is 0. The van der Waals surface area contributed by atoms with Gasteiger partial charge in [0.15, 0.2) is 11.5 Å². The number of hydrogen-bond acceptors (Lipinski definition) is 4. The van der Waals surface area contributed by atoms with Gasteiger partial charge in [-0.05, 0) is 43.7 Å². The SMILES string of the molecule is Brc1ccc(-c2ccc3nnc([C@H]4CCCN4)n3n2)cc1. The fraction of sp³-hybridized carbons (Fsp3) is 0.267. The fourth-order valence-electron chi connectivity index (χ4n) is 2.70. The molecule has 21 heavy (non-hydrogen) atoms. The molecule has 1 fully saturated rings. The summed E-state index contributed by atoms with van der Waals surface area (Å²) in [5.41, 5.74) is 2.80. The topological polar surface area (TPSA) is 55.1 Å². The Morgan fingerprint density at radius 1 is 1.10 bits per heavy atom. The molecule has 3 heterocycles. The molecule has 2 aromatic heterocycles. The van der Waals surface area contributed by atoms with E-state index in [9.17, 15) is 0 Å². The number of aromatic nitrogens is 4. The second-order valence-electron chi connectivity index (χ2n) is 5.20. The summed E-state index contributed by atoms with van der Waals surface area (Å²) in [6.45, 7) is 1.03. The van der Waals surface area contributed by atoms with E-state index in [-0.39, 0.29) is 6.04 Å². The normalized spacial score (nSPS) is 18.4. The van der Waals surface area contributed by atoms with Crippen LogP contribution in [0.2, 0.25) is 0 Å². The highest BCUT2D eigenvalue weighted by Crippen LogP contribution is 2.24. The molecule has 5 nitrogen and oxygen atoms in total. The molecular weight excluding hydrogens is 330 g/mol. The summed E-state index contributed by atoms with van der Waals surface area (Å²) in [5, 5.41) is 16.7. The molecule has 1 atom stereocenters. The van der Waals surface area contributed by atoms with Crippen molar-refractivity contribution in [3.05, 3.63) is 46.7 Å². The zero-order chi connectivity index (χ0) is 14.2. The first-order valence-electron chi connectivity index (χ1n) is 7.03. The van der Waals surface area contributed by atoms with E-state index < -0.39 is 0 Å². The van der Waals surface area contributed by atoms with Gasteiger partial charge in [0.25, 0.3) is 0 Å². The monoisotopic (exact) mass is 343 g/mol. The molecule has 0 bridgehead atoms. The Kier molecular flexibility index (Phi) is 3.20. The van der Waals surface area contributed by atoms with E-state index in [2.05, 4.69) is 43.6 Å². The quantitative estimate of drug-likeness (QED) is 0.777. The second-order valence-corrected chi connectivity index (χ2v) is 6.12. The van der Waals surface area contributed by atoms with Gasteiger partial charge in [-0.15, -0.1) is 10.2 Å². The largest absolute Gasteiger partial charge is 0.307 e. The number of benzene rings is 1. The maximum atomic E-state index is 4.72. The van der Waals surface area contributed by atoms with Crippen molar-refractivity contribution in [2.75, 3.05) is 6.54 Å². The van der Waals surface area contributed by atoms with Gasteiger partial charge >= 0.3 is 0 Å². The zero-order valence-corrected chi connectivity index (χ0v) is 12.9. The van der Waals surface area contributed by atoms with Gasteiger partial charge in [-0.3, -0.25) is 0 Å². The summed E-state index contributed by atoms with van der Waals surface area (Å²) < 4.78 is 2.92. The molecule has 1 N–H and O–H groups in total. The molecule has 1 aromatic carbocycles. The molecule has 1 aliphatic heterocycles. The lowest BCUT2D eigenvalue weighted by Gasteiger charge is -2.08. The minimum absolute atomic E-state index is 0.257. The Labute approximate surface area is 130 Å². The molecule has 1 aliphatic rings. The van der Waals surface area contributed by atoms with E-state index in [1.54, 1.807) is 0 Å². The Morgan fingerprint density at radius 2 is 1.95 bits per heavy atom. The molecule has 0 radical (unpaired) electrons. The van der Waals surface area contributed by atoms with Crippen LogP contribution in [0.5, 0.6) is 0 Å². The van der Waals surface area contributed by atoms with Crippen LogP contribution in [0, 0.1) is 0 Å². The summed E-state index contributed by atoms with van der Waals surface area (Å²) in [6, 6.07) is 12.4. The first kappa shape index (κ1) is 12.9. The minimum atomic E-state index is 0.257. The molecule has 0 aliphatic carbocycles. The fourth-order valence-corrected chi connectivity index (χ4v) is 2.97. The van der Waals surface area contributed by atoms with Crippen LogP contribution in [0.3, 0.4) is 0 Å². The predicted octanol–water partition coefficient (Wildman–Crippen LogP) is 2.98. The van der Waals surface area contributed by atoms with E-state index in [1.165, 1.54) is 6.42 Å². The minimum Gasteiger partial charge on any atom is -0.307 e. The number of rotatable bonds is 2. The van der Waals surface area contributed by atoms with Gasteiger partial charge in [-0.2, -0.15) is 9.61 Å². The Bertz CT molecular complexity index is 774. The molecule has 106 valence electrons. The van der Waals surface area contributed by atoms with Crippen molar-refractivity contribution in [2.24, 2.45) is 0 Å². The number of halogens is 1. The van der Waals surface area contributed by atoms with Crippen molar-refractivity contribution in [2.45, 2.75) is 18.9 Å². The molecule has 0 amide bonds. The van der Waals surface area contributed by atoms with Crippen molar-refractivity contribution < 1.29 is 0 Å². The summed E-state index contributed by atoms with van der Waals surface area (Å²) >= 11 is 3.45. The zero-order valence-electron chi connectivity index (χ0n) is 11.3. The van der Waals surface area contributed by atoms with Crippen LogP contribution in [-0.2, 0) is 0 Å². The van der Waals surface area contributed by atoms with Crippen LogP contribution in [0.4, 0.5) is 0 Å². The lowest BCUT2D eigenvalue weighted by atomic mass is 10.1.